The molecule has 94 valence electrons. The molecule has 0 bridgehead atoms. The fraction of sp³-hybridized carbons (Fsp3) is 0.231. The highest BCUT2D eigenvalue weighted by molar-refractivity contribution is 5.78. The van der Waals surface area contributed by atoms with Gasteiger partial charge in [0.15, 0.2) is 0 Å². The van der Waals surface area contributed by atoms with Crippen LogP contribution in [0, 0.1) is 0 Å². The van der Waals surface area contributed by atoms with Gasteiger partial charge in [0.2, 0.25) is 5.91 Å². The first-order valence-corrected chi connectivity index (χ1v) is 5.66. The summed E-state index contributed by atoms with van der Waals surface area (Å²) in [6, 6.07) is 8.54. The minimum Gasteiger partial charge on any atom is -0.508 e. The molecule has 0 aliphatic rings. The molecule has 0 unspecified atom stereocenters. The number of rotatable bonds is 4. The molecule has 0 fully saturated rings. The van der Waals surface area contributed by atoms with Crippen molar-refractivity contribution < 1.29 is 9.90 Å². The molecule has 0 saturated carbocycles. The normalized spacial score (nSPS) is 10.3. The van der Waals surface area contributed by atoms with E-state index < -0.39 is 0 Å². The van der Waals surface area contributed by atoms with Crippen LogP contribution < -0.4 is 5.32 Å². The van der Waals surface area contributed by atoms with Crippen LogP contribution in [0.4, 0.5) is 0 Å². The number of nitrogens with one attached hydrogen (secondary N) is 1. The van der Waals surface area contributed by atoms with Crippen molar-refractivity contribution in [1.29, 1.82) is 0 Å². The number of carbonyl (C=O) groups excluding carboxylic acids is 1. The zero-order chi connectivity index (χ0) is 13.0. The maximum atomic E-state index is 11.7. The summed E-state index contributed by atoms with van der Waals surface area (Å²) in [6.07, 6.45) is 2.08. The molecule has 2 rings (SSSR count). The Kier molecular flexibility index (Phi) is 3.62. The summed E-state index contributed by atoms with van der Waals surface area (Å²) in [7, 11) is 1.83. The van der Waals surface area contributed by atoms with E-state index >= 15 is 0 Å². The zero-order valence-electron chi connectivity index (χ0n) is 10.1. The van der Waals surface area contributed by atoms with Crippen LogP contribution in [0.1, 0.15) is 11.3 Å². The van der Waals surface area contributed by atoms with E-state index in [1.54, 1.807) is 28.9 Å². The summed E-state index contributed by atoms with van der Waals surface area (Å²) < 4.78 is 1.69. The molecule has 0 atom stereocenters. The first-order valence-electron chi connectivity index (χ1n) is 5.66. The van der Waals surface area contributed by atoms with Crippen LogP contribution in [0.5, 0.6) is 5.75 Å². The molecule has 2 N–H and O–H groups in total. The molecule has 1 amide bonds. The number of aromatic nitrogens is 2. The lowest BCUT2D eigenvalue weighted by molar-refractivity contribution is -0.120. The van der Waals surface area contributed by atoms with E-state index in [-0.39, 0.29) is 18.1 Å². The lowest BCUT2D eigenvalue weighted by atomic mass is 10.1. The van der Waals surface area contributed by atoms with Crippen LogP contribution >= 0.6 is 0 Å². The Morgan fingerprint density at radius 2 is 2.28 bits per heavy atom. The number of aromatic hydroxyl groups is 1. The Morgan fingerprint density at radius 3 is 2.94 bits per heavy atom. The average Bonchev–Trinajstić information content (AvgIpc) is 2.73. The Bertz CT molecular complexity index is 549. The predicted molar refractivity (Wildman–Crippen MR) is 66.9 cm³/mol. The van der Waals surface area contributed by atoms with Crippen LogP contribution in [0.3, 0.4) is 0 Å². The van der Waals surface area contributed by atoms with Gasteiger partial charge in [0.25, 0.3) is 0 Å². The van der Waals surface area contributed by atoms with E-state index in [4.69, 9.17) is 0 Å². The maximum Gasteiger partial charge on any atom is 0.224 e. The smallest absolute Gasteiger partial charge is 0.224 e. The first-order chi connectivity index (χ1) is 8.63. The van der Waals surface area contributed by atoms with Gasteiger partial charge < -0.3 is 10.4 Å². The lowest BCUT2D eigenvalue weighted by Crippen LogP contribution is -2.24. The molecular formula is C13H15N3O2. The Hall–Kier alpha value is -2.30. The molecule has 1 aromatic carbocycles. The van der Waals surface area contributed by atoms with E-state index in [1.165, 1.54) is 0 Å². The quantitative estimate of drug-likeness (QED) is 0.844. The molecule has 0 spiro atoms. The van der Waals surface area contributed by atoms with Crippen LogP contribution in [-0.2, 0) is 24.8 Å². The van der Waals surface area contributed by atoms with Gasteiger partial charge in [0.1, 0.15) is 5.75 Å². The van der Waals surface area contributed by atoms with Crippen molar-refractivity contribution in [3.63, 3.8) is 0 Å². The van der Waals surface area contributed by atoms with Crippen LogP contribution in [-0.4, -0.2) is 20.8 Å². The second kappa shape index (κ2) is 5.35. The molecule has 0 radical (unpaired) electrons. The van der Waals surface area contributed by atoms with Gasteiger partial charge in [-0.25, -0.2) is 0 Å². The fourth-order valence-electron chi connectivity index (χ4n) is 1.66. The van der Waals surface area contributed by atoms with Gasteiger partial charge in [0.05, 0.1) is 18.7 Å². The molecule has 18 heavy (non-hydrogen) atoms. The molecule has 0 saturated heterocycles. The monoisotopic (exact) mass is 245 g/mol. The van der Waals surface area contributed by atoms with Crippen molar-refractivity contribution in [3.05, 3.63) is 47.8 Å². The van der Waals surface area contributed by atoms with Gasteiger partial charge in [-0.15, -0.1) is 0 Å². The van der Waals surface area contributed by atoms with Gasteiger partial charge >= 0.3 is 0 Å². The van der Waals surface area contributed by atoms with E-state index in [0.717, 1.165) is 11.3 Å². The first kappa shape index (κ1) is 12.2. The zero-order valence-corrected chi connectivity index (χ0v) is 10.1. The maximum absolute atomic E-state index is 11.7. The molecule has 2 aromatic rings. The van der Waals surface area contributed by atoms with Crippen molar-refractivity contribution in [2.75, 3.05) is 0 Å². The van der Waals surface area contributed by atoms with Crippen molar-refractivity contribution in [2.45, 2.75) is 13.0 Å². The van der Waals surface area contributed by atoms with Crippen LogP contribution in [0.15, 0.2) is 36.5 Å². The van der Waals surface area contributed by atoms with E-state index in [1.807, 2.05) is 19.3 Å². The van der Waals surface area contributed by atoms with Crippen molar-refractivity contribution >= 4 is 5.91 Å². The second-order valence-corrected chi connectivity index (χ2v) is 4.10. The average molecular weight is 245 g/mol. The minimum absolute atomic E-state index is 0.0914. The third kappa shape index (κ3) is 3.35. The van der Waals surface area contributed by atoms with E-state index in [0.29, 0.717) is 6.54 Å². The SMILES string of the molecule is Cn1ccc(CNC(=O)Cc2cccc(O)c2)n1. The number of amides is 1. The van der Waals surface area contributed by atoms with E-state index in [2.05, 4.69) is 10.4 Å². The summed E-state index contributed by atoms with van der Waals surface area (Å²) in [4.78, 5) is 11.7. The molecule has 0 aliphatic carbocycles. The highest BCUT2D eigenvalue weighted by Crippen LogP contribution is 2.11. The minimum atomic E-state index is -0.0914. The van der Waals surface area contributed by atoms with Crippen LogP contribution in [0.25, 0.3) is 0 Å². The summed E-state index contributed by atoms with van der Waals surface area (Å²) >= 11 is 0. The number of phenols is 1. The highest BCUT2D eigenvalue weighted by atomic mass is 16.3. The van der Waals surface area contributed by atoms with Crippen molar-refractivity contribution in [3.8, 4) is 5.75 Å². The summed E-state index contributed by atoms with van der Waals surface area (Å²) in [6.45, 7) is 0.415. The lowest BCUT2D eigenvalue weighted by Gasteiger charge is -2.04. The summed E-state index contributed by atoms with van der Waals surface area (Å²) in [5.41, 5.74) is 1.61. The molecule has 5 nitrogen and oxygen atoms in total. The molecule has 5 heteroatoms. The number of carbonyl (C=O) groups is 1. The molecular weight excluding hydrogens is 230 g/mol. The number of hydrogen-bond donors (Lipinski definition) is 2. The van der Waals surface area contributed by atoms with Crippen molar-refractivity contribution in [1.82, 2.24) is 15.1 Å². The Morgan fingerprint density at radius 1 is 1.44 bits per heavy atom. The number of phenolic OH excluding ortho intramolecular Hbond substituents is 1. The fourth-order valence-corrected chi connectivity index (χ4v) is 1.66. The van der Waals surface area contributed by atoms with Crippen molar-refractivity contribution in [2.24, 2.45) is 7.05 Å². The number of aryl methyl sites for hydroxylation is 1. The van der Waals surface area contributed by atoms with Gasteiger partial charge in [-0.05, 0) is 23.8 Å². The molecule has 1 heterocycles. The summed E-state index contributed by atoms with van der Waals surface area (Å²) in [5, 5.41) is 16.2. The van der Waals surface area contributed by atoms with Crippen LogP contribution in [0.2, 0.25) is 0 Å². The van der Waals surface area contributed by atoms with Gasteiger partial charge in [-0.1, -0.05) is 12.1 Å². The Balaban J connectivity index is 1.85. The third-order valence-electron chi connectivity index (χ3n) is 2.51. The van der Waals surface area contributed by atoms with Gasteiger partial charge in [-0.2, -0.15) is 5.10 Å². The highest BCUT2D eigenvalue weighted by Gasteiger charge is 2.05. The standard InChI is InChI=1S/C13H15N3O2/c1-16-6-5-11(15-16)9-14-13(18)8-10-3-2-4-12(17)7-10/h2-7,17H,8-9H2,1H3,(H,14,18). The summed E-state index contributed by atoms with van der Waals surface area (Å²) in [5.74, 6) is 0.0799. The molecule has 1 aromatic heterocycles. The number of hydrogen-bond acceptors (Lipinski definition) is 3. The largest absolute Gasteiger partial charge is 0.508 e. The molecule has 0 aliphatic heterocycles. The third-order valence-corrected chi connectivity index (χ3v) is 2.51. The number of benzene rings is 1. The van der Waals surface area contributed by atoms with Gasteiger partial charge in [-0.3, -0.25) is 9.48 Å². The predicted octanol–water partition coefficient (Wildman–Crippen LogP) is 0.985. The van der Waals surface area contributed by atoms with E-state index in [9.17, 15) is 9.90 Å². The second-order valence-electron chi connectivity index (χ2n) is 4.10. The van der Waals surface area contributed by atoms with Gasteiger partial charge in [0, 0.05) is 13.2 Å². The number of nitrogens with zero attached hydrogens (tertiary/aromatic N) is 2. The topological polar surface area (TPSA) is 67.2 Å². The Labute approximate surface area is 105 Å².